The summed E-state index contributed by atoms with van der Waals surface area (Å²) in [6.07, 6.45) is 3.50. The first-order valence-corrected chi connectivity index (χ1v) is 10.9. The van der Waals surface area contributed by atoms with Crippen LogP contribution >= 0.6 is 0 Å². The first-order valence-electron chi connectivity index (χ1n) is 9.41. The third-order valence-electron chi connectivity index (χ3n) is 4.65. The molecule has 0 amide bonds. The number of sulfonamides is 1. The van der Waals surface area contributed by atoms with Crippen molar-refractivity contribution in [3.8, 4) is 22.4 Å². The topological polar surface area (TPSA) is 136 Å². The normalized spacial score (nSPS) is 12.3. The van der Waals surface area contributed by atoms with Crippen molar-refractivity contribution in [2.24, 2.45) is 7.05 Å². The number of hydrogen-bond donors (Lipinski definition) is 3. The van der Waals surface area contributed by atoms with Crippen LogP contribution in [0.1, 0.15) is 25.8 Å². The molecule has 9 nitrogen and oxygen atoms in total. The molecule has 0 aliphatic heterocycles. The molecule has 30 heavy (non-hydrogen) atoms. The molecule has 0 aliphatic carbocycles. The molecule has 3 rings (SSSR count). The number of anilines is 1. The van der Waals surface area contributed by atoms with Crippen LogP contribution in [0, 0.1) is 6.92 Å². The zero-order valence-electron chi connectivity index (χ0n) is 17.4. The second kappa shape index (κ2) is 8.13. The van der Waals surface area contributed by atoms with E-state index in [1.807, 2.05) is 13.0 Å². The highest BCUT2D eigenvalue weighted by atomic mass is 32.2. The van der Waals surface area contributed by atoms with Crippen molar-refractivity contribution in [1.29, 1.82) is 0 Å². The van der Waals surface area contributed by atoms with Gasteiger partial charge in [-0.3, -0.25) is 0 Å². The molecule has 0 spiro atoms. The van der Waals surface area contributed by atoms with Gasteiger partial charge in [-0.15, -0.1) is 0 Å². The lowest BCUT2D eigenvalue weighted by Crippen LogP contribution is -2.30. The molecule has 2 aromatic heterocycles. The Balaban J connectivity index is 1.96. The predicted molar refractivity (Wildman–Crippen MR) is 115 cm³/mol. The van der Waals surface area contributed by atoms with Crippen LogP contribution in [-0.4, -0.2) is 45.6 Å². The van der Waals surface area contributed by atoms with E-state index in [1.54, 1.807) is 51.5 Å². The molecule has 0 saturated carbocycles. The highest BCUT2D eigenvalue weighted by Crippen LogP contribution is 2.31. The summed E-state index contributed by atoms with van der Waals surface area (Å²) in [4.78, 5) is 5.82. The van der Waals surface area contributed by atoms with E-state index in [0.717, 1.165) is 16.7 Å². The molecule has 0 aliphatic rings. The van der Waals surface area contributed by atoms with Gasteiger partial charge in [-0.25, -0.2) is 18.1 Å². The summed E-state index contributed by atoms with van der Waals surface area (Å²) >= 11 is 0. The Kier molecular flexibility index (Phi) is 5.93. The summed E-state index contributed by atoms with van der Waals surface area (Å²) < 4.78 is 28.0. The van der Waals surface area contributed by atoms with Crippen molar-refractivity contribution in [3.05, 3.63) is 42.2 Å². The maximum absolute atomic E-state index is 12.7. The van der Waals surface area contributed by atoms with E-state index < -0.39 is 15.6 Å². The zero-order chi connectivity index (χ0) is 22.1. The predicted octanol–water partition coefficient (Wildman–Crippen LogP) is 1.87. The van der Waals surface area contributed by atoms with Crippen molar-refractivity contribution in [2.45, 2.75) is 37.7 Å². The third kappa shape index (κ3) is 5.02. The smallest absolute Gasteiger partial charge is 0.240 e. The summed E-state index contributed by atoms with van der Waals surface area (Å²) in [5, 5.41) is 18.1. The van der Waals surface area contributed by atoms with Crippen LogP contribution in [0.2, 0.25) is 0 Å². The van der Waals surface area contributed by atoms with Gasteiger partial charge in [0.25, 0.3) is 0 Å². The number of aliphatic hydroxyl groups is 1. The number of rotatable bonds is 7. The summed E-state index contributed by atoms with van der Waals surface area (Å²) in [5.74, 6) is 0.314. The Hall–Kier alpha value is -2.82. The minimum absolute atomic E-state index is 0.134. The van der Waals surface area contributed by atoms with Crippen molar-refractivity contribution in [3.63, 3.8) is 0 Å². The average molecular weight is 431 g/mol. The van der Waals surface area contributed by atoms with Crippen LogP contribution in [0.4, 0.5) is 5.82 Å². The number of benzene rings is 1. The highest BCUT2D eigenvalue weighted by molar-refractivity contribution is 7.89. The number of nitrogens with zero attached hydrogens (tertiary/aromatic N) is 4. The van der Waals surface area contributed by atoms with E-state index in [0.29, 0.717) is 23.5 Å². The van der Waals surface area contributed by atoms with E-state index in [9.17, 15) is 13.5 Å². The third-order valence-corrected chi connectivity index (χ3v) is 6.11. The molecule has 2 heterocycles. The fourth-order valence-corrected chi connectivity index (χ4v) is 4.01. The molecule has 0 atom stereocenters. The van der Waals surface area contributed by atoms with Gasteiger partial charge in [-0.1, -0.05) is 6.07 Å². The number of aromatic nitrogens is 4. The van der Waals surface area contributed by atoms with Gasteiger partial charge in [0, 0.05) is 30.9 Å². The van der Waals surface area contributed by atoms with Gasteiger partial charge < -0.3 is 10.8 Å². The van der Waals surface area contributed by atoms with Crippen LogP contribution in [0.5, 0.6) is 0 Å². The van der Waals surface area contributed by atoms with Gasteiger partial charge in [0.1, 0.15) is 11.5 Å². The summed E-state index contributed by atoms with van der Waals surface area (Å²) in [7, 11) is -2.02. The van der Waals surface area contributed by atoms with E-state index in [4.69, 9.17) is 5.73 Å². The second-order valence-corrected chi connectivity index (χ2v) is 9.58. The number of nitrogen functional groups attached to an aromatic ring is 1. The van der Waals surface area contributed by atoms with Crippen LogP contribution in [-0.2, 0) is 17.1 Å². The maximum Gasteiger partial charge on any atom is 0.240 e. The molecule has 0 fully saturated rings. The van der Waals surface area contributed by atoms with E-state index in [-0.39, 0.29) is 11.4 Å². The molecule has 0 saturated heterocycles. The van der Waals surface area contributed by atoms with E-state index >= 15 is 0 Å². The highest BCUT2D eigenvalue weighted by Gasteiger charge is 2.19. The van der Waals surface area contributed by atoms with Crippen molar-refractivity contribution in [2.75, 3.05) is 12.3 Å². The Morgan fingerprint density at radius 2 is 1.93 bits per heavy atom. The molecular formula is C20H26N6O3S. The standard InChI is InChI=1S/C20H26N6O3S/c1-13-5-6-15(30(28,29)24-8-7-20(2,3)27)10-16(13)14-9-17(19(21)22-11-14)18-12-23-26(4)25-18/h5-6,9-12,24,27H,7-8H2,1-4H3,(H2,21,22). The van der Waals surface area contributed by atoms with Crippen molar-refractivity contribution in [1.82, 2.24) is 24.7 Å². The molecule has 0 bridgehead atoms. The molecule has 0 unspecified atom stereocenters. The quantitative estimate of drug-likeness (QED) is 0.520. The largest absolute Gasteiger partial charge is 0.390 e. The van der Waals surface area contributed by atoms with Gasteiger partial charge in [0.15, 0.2) is 0 Å². The lowest BCUT2D eigenvalue weighted by molar-refractivity contribution is 0.0728. The number of aryl methyl sites for hydroxylation is 2. The van der Waals surface area contributed by atoms with Gasteiger partial charge in [0.05, 0.1) is 16.7 Å². The first kappa shape index (κ1) is 21.9. The van der Waals surface area contributed by atoms with Crippen LogP contribution < -0.4 is 10.5 Å². The number of nitrogens with two attached hydrogens (primary N) is 1. The van der Waals surface area contributed by atoms with E-state index in [2.05, 4.69) is 19.9 Å². The van der Waals surface area contributed by atoms with E-state index in [1.165, 1.54) is 4.80 Å². The zero-order valence-corrected chi connectivity index (χ0v) is 18.2. The maximum atomic E-state index is 12.7. The van der Waals surface area contributed by atoms with Crippen LogP contribution in [0.25, 0.3) is 22.4 Å². The lowest BCUT2D eigenvalue weighted by atomic mass is 10.00. The van der Waals surface area contributed by atoms with Crippen LogP contribution in [0.3, 0.4) is 0 Å². The summed E-state index contributed by atoms with van der Waals surface area (Å²) in [6, 6.07) is 6.74. The van der Waals surface area contributed by atoms with Crippen molar-refractivity contribution >= 4 is 15.8 Å². The van der Waals surface area contributed by atoms with Crippen LogP contribution in [0.15, 0.2) is 41.6 Å². The minimum atomic E-state index is -3.73. The Labute approximate surface area is 176 Å². The molecule has 1 aromatic carbocycles. The molecule has 160 valence electrons. The van der Waals surface area contributed by atoms with Gasteiger partial charge in [-0.2, -0.15) is 15.0 Å². The molecule has 0 radical (unpaired) electrons. The van der Waals surface area contributed by atoms with Gasteiger partial charge in [-0.05, 0) is 56.5 Å². The fraction of sp³-hybridized carbons (Fsp3) is 0.350. The number of pyridine rings is 1. The Bertz CT molecular complexity index is 1170. The first-order chi connectivity index (χ1) is 14.0. The van der Waals surface area contributed by atoms with Gasteiger partial charge in [0.2, 0.25) is 10.0 Å². The summed E-state index contributed by atoms with van der Waals surface area (Å²) in [5.41, 5.74) is 8.60. The summed E-state index contributed by atoms with van der Waals surface area (Å²) in [6.45, 7) is 5.29. The molecule has 4 N–H and O–H groups in total. The number of hydrogen-bond acceptors (Lipinski definition) is 7. The minimum Gasteiger partial charge on any atom is -0.390 e. The second-order valence-electron chi connectivity index (χ2n) is 7.81. The number of nitrogens with one attached hydrogen (secondary N) is 1. The Morgan fingerprint density at radius 1 is 1.20 bits per heavy atom. The Morgan fingerprint density at radius 3 is 2.57 bits per heavy atom. The monoisotopic (exact) mass is 430 g/mol. The van der Waals surface area contributed by atoms with Crippen molar-refractivity contribution < 1.29 is 13.5 Å². The lowest BCUT2D eigenvalue weighted by Gasteiger charge is -2.17. The average Bonchev–Trinajstić information content (AvgIpc) is 3.07. The SMILES string of the molecule is Cc1ccc(S(=O)(=O)NCCC(C)(C)O)cc1-c1cnc(N)c(-c2cnn(C)n2)c1. The molecule has 10 heteroatoms. The molecule has 3 aromatic rings. The van der Waals surface area contributed by atoms with Gasteiger partial charge >= 0.3 is 0 Å². The fourth-order valence-electron chi connectivity index (χ4n) is 2.95. The molecular weight excluding hydrogens is 404 g/mol.